The molecule has 2 aliphatic rings. The van der Waals surface area contributed by atoms with E-state index in [0.717, 1.165) is 6.92 Å². The lowest BCUT2D eigenvalue weighted by atomic mass is 9.83. The van der Waals surface area contributed by atoms with Crippen LogP contribution in [0.4, 0.5) is 26.7 Å². The Kier molecular flexibility index (Phi) is 5.49. The third kappa shape index (κ3) is 4.34. The topological polar surface area (TPSA) is 47.6 Å². The van der Waals surface area contributed by atoms with Gasteiger partial charge in [0.25, 0.3) is 0 Å². The van der Waals surface area contributed by atoms with Gasteiger partial charge >= 0.3 is 12.3 Å². The van der Waals surface area contributed by atoms with Gasteiger partial charge < -0.3 is 14.8 Å². The Balaban J connectivity index is 1.64. The number of nitrogens with one attached hydrogen (secondary N) is 1. The first-order valence-electron chi connectivity index (χ1n) is 10.5. The summed E-state index contributed by atoms with van der Waals surface area (Å²) < 4.78 is 79.8. The quantitative estimate of drug-likeness (QED) is 0.540. The number of cyclic esters (lactones) is 1. The molecule has 4 rings (SSSR count). The number of carbonyl (C=O) groups excluding carboxylic acids is 1. The number of benzene rings is 2. The first-order valence-corrected chi connectivity index (χ1v) is 10.5. The van der Waals surface area contributed by atoms with Gasteiger partial charge in [0.15, 0.2) is 0 Å². The third-order valence-electron chi connectivity index (χ3n) is 6.46. The summed E-state index contributed by atoms with van der Waals surface area (Å²) in [4.78, 5) is 11.4. The van der Waals surface area contributed by atoms with E-state index in [9.17, 15) is 26.7 Å². The van der Waals surface area contributed by atoms with Crippen LogP contribution < -0.4 is 10.1 Å². The highest BCUT2D eigenvalue weighted by Crippen LogP contribution is 2.44. The lowest BCUT2D eigenvalue weighted by Gasteiger charge is -2.32. The van der Waals surface area contributed by atoms with Gasteiger partial charge in [-0.05, 0) is 68.0 Å². The number of alkyl halides is 5. The minimum absolute atomic E-state index is 0.0265. The summed E-state index contributed by atoms with van der Waals surface area (Å²) in [6, 6.07) is 7.31. The van der Waals surface area contributed by atoms with Crippen LogP contribution in [0.3, 0.4) is 0 Å². The minimum atomic E-state index is -4.67. The second-order valence-electron chi connectivity index (χ2n) is 8.95. The van der Waals surface area contributed by atoms with Crippen molar-refractivity contribution in [2.45, 2.75) is 63.3 Å². The first kappa shape index (κ1) is 22.6. The van der Waals surface area contributed by atoms with Crippen LogP contribution in [0.2, 0.25) is 0 Å². The summed E-state index contributed by atoms with van der Waals surface area (Å²) in [5, 5.41) is 2.99. The lowest BCUT2D eigenvalue weighted by Crippen LogP contribution is -2.37. The molecular formula is C23H24F5NO3. The van der Waals surface area contributed by atoms with Crippen molar-refractivity contribution in [1.29, 1.82) is 0 Å². The highest BCUT2D eigenvalue weighted by molar-refractivity contribution is 5.89. The maximum atomic E-state index is 14.0. The number of hydrogen-bond acceptors (Lipinski definition) is 3. The zero-order valence-electron chi connectivity index (χ0n) is 17.7. The van der Waals surface area contributed by atoms with Gasteiger partial charge in [0.1, 0.15) is 17.9 Å². The van der Waals surface area contributed by atoms with E-state index in [1.54, 1.807) is 13.0 Å². The van der Waals surface area contributed by atoms with Crippen molar-refractivity contribution < 1.29 is 36.2 Å². The number of amides is 1. The number of fused-ring (bicyclic) bond motifs is 1. The Hall–Kier alpha value is -2.58. The third-order valence-corrected chi connectivity index (χ3v) is 6.46. The molecule has 1 atom stereocenters. The van der Waals surface area contributed by atoms with Gasteiger partial charge in [-0.15, -0.1) is 0 Å². The van der Waals surface area contributed by atoms with Crippen LogP contribution >= 0.6 is 0 Å². The molecule has 2 aromatic carbocycles. The Morgan fingerprint density at radius 1 is 1.06 bits per heavy atom. The highest BCUT2D eigenvalue weighted by Gasteiger charge is 2.41. The molecule has 2 fully saturated rings. The van der Waals surface area contributed by atoms with E-state index in [1.807, 2.05) is 0 Å². The van der Waals surface area contributed by atoms with Crippen molar-refractivity contribution in [3.8, 4) is 5.75 Å². The fraction of sp³-hybridized carbons (Fsp3) is 0.522. The molecule has 1 unspecified atom stereocenters. The van der Waals surface area contributed by atoms with E-state index in [1.165, 1.54) is 24.3 Å². The van der Waals surface area contributed by atoms with E-state index >= 15 is 0 Å². The molecule has 0 bridgehead atoms. The summed E-state index contributed by atoms with van der Waals surface area (Å²) >= 11 is 0. The van der Waals surface area contributed by atoms with Crippen LogP contribution in [-0.2, 0) is 16.5 Å². The molecule has 0 radical (unpaired) electrons. The van der Waals surface area contributed by atoms with Gasteiger partial charge in [-0.3, -0.25) is 0 Å². The first-order chi connectivity index (χ1) is 14.9. The van der Waals surface area contributed by atoms with Gasteiger partial charge in [-0.1, -0.05) is 18.2 Å². The number of halogens is 5. The van der Waals surface area contributed by atoms with Crippen molar-refractivity contribution in [2.24, 2.45) is 5.92 Å². The summed E-state index contributed by atoms with van der Waals surface area (Å²) in [5.74, 6) is -3.88. The van der Waals surface area contributed by atoms with Gasteiger partial charge in [0.2, 0.25) is 5.92 Å². The van der Waals surface area contributed by atoms with Crippen LogP contribution in [0.1, 0.15) is 50.7 Å². The standard InChI is InChI=1S/C23H24F5NO3/c1-21(12-31-20(30)29-21)15-6-9-17-13(11-15)3-10-18(19(17)23(26,27)28)32-16-7-4-14(5-8-16)22(2,24)25/h3,6,9-11,14,16H,4-5,7-8,12H2,1-2H3,(H,29,30). The van der Waals surface area contributed by atoms with E-state index in [4.69, 9.17) is 9.47 Å². The van der Waals surface area contributed by atoms with Crippen LogP contribution in [0.15, 0.2) is 30.3 Å². The van der Waals surface area contributed by atoms with Gasteiger partial charge in [-0.2, -0.15) is 13.2 Å². The normalized spacial score (nSPS) is 26.7. The molecule has 9 heteroatoms. The van der Waals surface area contributed by atoms with Crippen LogP contribution in [0.5, 0.6) is 5.75 Å². The molecule has 1 amide bonds. The van der Waals surface area contributed by atoms with Crippen molar-refractivity contribution in [3.05, 3.63) is 41.5 Å². The van der Waals surface area contributed by atoms with E-state index in [0.29, 0.717) is 10.9 Å². The number of ether oxygens (including phenoxy) is 2. The molecule has 174 valence electrons. The predicted octanol–water partition coefficient (Wildman–Crippen LogP) is 6.41. The highest BCUT2D eigenvalue weighted by atomic mass is 19.4. The van der Waals surface area contributed by atoms with Crippen LogP contribution in [0.25, 0.3) is 10.8 Å². The Bertz CT molecular complexity index is 1020. The molecule has 4 nitrogen and oxygen atoms in total. The smallest absolute Gasteiger partial charge is 0.420 e. The maximum Gasteiger partial charge on any atom is 0.420 e. The number of carbonyl (C=O) groups is 1. The monoisotopic (exact) mass is 457 g/mol. The Morgan fingerprint density at radius 2 is 1.75 bits per heavy atom. The predicted molar refractivity (Wildman–Crippen MR) is 108 cm³/mol. The molecule has 0 aromatic heterocycles. The fourth-order valence-electron chi connectivity index (χ4n) is 4.57. The molecule has 2 aromatic rings. The molecule has 1 aliphatic carbocycles. The number of rotatable bonds is 4. The summed E-state index contributed by atoms with van der Waals surface area (Å²) in [6.07, 6.45) is -4.82. The molecule has 1 N–H and O–H groups in total. The average Bonchev–Trinajstić information content (AvgIpc) is 3.06. The summed E-state index contributed by atoms with van der Waals surface area (Å²) in [6.45, 7) is 2.68. The van der Waals surface area contributed by atoms with E-state index in [-0.39, 0.29) is 43.4 Å². The summed E-state index contributed by atoms with van der Waals surface area (Å²) in [5.41, 5.74) is -1.10. The zero-order chi connectivity index (χ0) is 23.3. The fourth-order valence-corrected chi connectivity index (χ4v) is 4.57. The molecule has 0 spiro atoms. The second kappa shape index (κ2) is 7.78. The molecule has 1 saturated carbocycles. The Morgan fingerprint density at radius 3 is 2.31 bits per heavy atom. The number of hydrogen-bond donors (Lipinski definition) is 1. The van der Waals surface area contributed by atoms with Crippen molar-refractivity contribution in [3.63, 3.8) is 0 Å². The van der Waals surface area contributed by atoms with Crippen molar-refractivity contribution in [2.75, 3.05) is 6.61 Å². The molecule has 1 heterocycles. The number of alkyl carbamates (subject to hydrolysis) is 1. The minimum Gasteiger partial charge on any atom is -0.490 e. The molecular weight excluding hydrogens is 433 g/mol. The second-order valence-corrected chi connectivity index (χ2v) is 8.95. The van der Waals surface area contributed by atoms with E-state index < -0.39 is 41.3 Å². The van der Waals surface area contributed by atoms with E-state index in [2.05, 4.69) is 5.32 Å². The average molecular weight is 457 g/mol. The van der Waals surface area contributed by atoms with Gasteiger partial charge in [0, 0.05) is 5.92 Å². The van der Waals surface area contributed by atoms with Crippen LogP contribution in [0, 0.1) is 5.92 Å². The van der Waals surface area contributed by atoms with Gasteiger partial charge in [0.05, 0.1) is 11.6 Å². The summed E-state index contributed by atoms with van der Waals surface area (Å²) in [7, 11) is 0. The molecule has 1 saturated heterocycles. The van der Waals surface area contributed by atoms with Crippen molar-refractivity contribution >= 4 is 16.9 Å². The zero-order valence-corrected chi connectivity index (χ0v) is 17.7. The van der Waals surface area contributed by atoms with Gasteiger partial charge in [-0.25, -0.2) is 13.6 Å². The van der Waals surface area contributed by atoms with Crippen LogP contribution in [-0.4, -0.2) is 24.7 Å². The molecule has 32 heavy (non-hydrogen) atoms. The maximum absolute atomic E-state index is 14.0. The lowest BCUT2D eigenvalue weighted by molar-refractivity contribution is -0.138. The molecule has 1 aliphatic heterocycles. The SMILES string of the molecule is CC1(c2ccc3c(C(F)(F)F)c(OC4CCC(C(C)(F)F)CC4)ccc3c2)COC(=O)N1. The van der Waals surface area contributed by atoms with Crippen molar-refractivity contribution in [1.82, 2.24) is 5.32 Å². The largest absolute Gasteiger partial charge is 0.490 e. The Labute approximate surface area is 182 Å².